The van der Waals surface area contributed by atoms with Gasteiger partial charge in [0.05, 0.1) is 26.8 Å². The van der Waals surface area contributed by atoms with E-state index in [9.17, 15) is 0 Å². The van der Waals surface area contributed by atoms with Crippen LogP contribution in [0.2, 0.25) is 0 Å². The lowest BCUT2D eigenvalue weighted by atomic mass is 9.94. The quantitative estimate of drug-likeness (QED) is 0.160. The van der Waals surface area contributed by atoms with Gasteiger partial charge in [-0.05, 0) is 91.6 Å². The van der Waals surface area contributed by atoms with Gasteiger partial charge in [-0.25, -0.2) is 0 Å². The molecule has 13 aromatic rings. The molecule has 3 heteroatoms. The van der Waals surface area contributed by atoms with Crippen LogP contribution >= 0.6 is 11.3 Å². The first kappa shape index (κ1) is 28.0. The smallest absolute Gasteiger partial charge is 0.0726 e. The molecule has 244 valence electrons. The average Bonchev–Trinajstić information content (AvgIpc) is 3.88. The van der Waals surface area contributed by atoms with Crippen LogP contribution < -0.4 is 0 Å². The summed E-state index contributed by atoms with van der Waals surface area (Å²) in [5.41, 5.74) is 7.32. The first-order valence-electron chi connectivity index (χ1n) is 18.3. The molecule has 0 aliphatic carbocycles. The molecule has 53 heavy (non-hydrogen) atoms. The highest BCUT2D eigenvalue weighted by atomic mass is 32.1. The number of nitrogens with zero attached hydrogens (tertiary/aromatic N) is 2. The Morgan fingerprint density at radius 2 is 0.868 bits per heavy atom. The SMILES string of the molecule is c1ccc2c(c1)sc1c2cc2ccc3cc(-n4c5ccccc5c5ccccc54)cc4c3c2c1n4-c1ccc2c3ccccc3c3ccccc3c2c1. The molecule has 0 fully saturated rings. The fourth-order valence-electron chi connectivity index (χ4n) is 9.62. The van der Waals surface area contributed by atoms with E-state index < -0.39 is 0 Å². The van der Waals surface area contributed by atoms with Gasteiger partial charge in [-0.1, -0.05) is 121 Å². The van der Waals surface area contributed by atoms with Crippen molar-refractivity contribution >= 4 is 118 Å². The van der Waals surface area contributed by atoms with E-state index in [1.807, 2.05) is 11.3 Å². The van der Waals surface area contributed by atoms with Gasteiger partial charge in [0, 0.05) is 48.4 Å². The molecular formula is C50H28N2S. The van der Waals surface area contributed by atoms with Crippen molar-refractivity contribution in [1.82, 2.24) is 9.13 Å². The van der Waals surface area contributed by atoms with Crippen LogP contribution in [0.1, 0.15) is 0 Å². The molecule has 0 atom stereocenters. The molecular weight excluding hydrogens is 661 g/mol. The number of thiophene rings is 1. The van der Waals surface area contributed by atoms with E-state index in [-0.39, 0.29) is 0 Å². The van der Waals surface area contributed by atoms with Crippen molar-refractivity contribution in [3.05, 3.63) is 170 Å². The molecule has 0 saturated heterocycles. The zero-order chi connectivity index (χ0) is 34.4. The van der Waals surface area contributed by atoms with Crippen molar-refractivity contribution in [3.8, 4) is 11.4 Å². The topological polar surface area (TPSA) is 9.86 Å². The summed E-state index contributed by atoms with van der Waals surface area (Å²) in [5.74, 6) is 0. The van der Waals surface area contributed by atoms with Gasteiger partial charge in [0.2, 0.25) is 0 Å². The van der Waals surface area contributed by atoms with Crippen molar-refractivity contribution in [3.63, 3.8) is 0 Å². The molecule has 0 N–H and O–H groups in total. The van der Waals surface area contributed by atoms with E-state index in [2.05, 4.69) is 179 Å². The fraction of sp³-hybridized carbons (Fsp3) is 0. The van der Waals surface area contributed by atoms with Crippen molar-refractivity contribution in [2.45, 2.75) is 0 Å². The third-order valence-corrected chi connectivity index (χ3v) is 13.0. The van der Waals surface area contributed by atoms with Gasteiger partial charge >= 0.3 is 0 Å². The largest absolute Gasteiger partial charge is 0.309 e. The Bertz CT molecular complexity index is 3600. The van der Waals surface area contributed by atoms with E-state index in [4.69, 9.17) is 0 Å². The summed E-state index contributed by atoms with van der Waals surface area (Å²) in [4.78, 5) is 0. The molecule has 0 saturated carbocycles. The second-order valence-electron chi connectivity index (χ2n) is 14.5. The lowest BCUT2D eigenvalue weighted by molar-refractivity contribution is 1.16. The Morgan fingerprint density at radius 3 is 1.55 bits per heavy atom. The number of fused-ring (bicyclic) bond motifs is 13. The molecule has 10 aromatic carbocycles. The zero-order valence-corrected chi connectivity index (χ0v) is 29.3. The van der Waals surface area contributed by atoms with Gasteiger partial charge in [0.15, 0.2) is 0 Å². The summed E-state index contributed by atoms with van der Waals surface area (Å²) < 4.78 is 7.71. The Balaban J connectivity index is 1.24. The predicted molar refractivity (Wildman–Crippen MR) is 229 cm³/mol. The molecule has 0 amide bonds. The van der Waals surface area contributed by atoms with Crippen LogP contribution in [0.25, 0.3) is 118 Å². The number of rotatable bonds is 2. The molecule has 3 aromatic heterocycles. The molecule has 3 heterocycles. The first-order valence-corrected chi connectivity index (χ1v) is 19.1. The summed E-state index contributed by atoms with van der Waals surface area (Å²) >= 11 is 1.92. The highest BCUT2D eigenvalue weighted by molar-refractivity contribution is 7.26. The second-order valence-corrected chi connectivity index (χ2v) is 15.5. The van der Waals surface area contributed by atoms with Gasteiger partial charge in [0.25, 0.3) is 0 Å². The van der Waals surface area contributed by atoms with Crippen LogP contribution in [0.4, 0.5) is 0 Å². The summed E-state index contributed by atoms with van der Waals surface area (Å²) in [7, 11) is 0. The van der Waals surface area contributed by atoms with Gasteiger partial charge in [0.1, 0.15) is 0 Å². The van der Waals surface area contributed by atoms with E-state index in [0.717, 1.165) is 0 Å². The normalized spacial score (nSPS) is 12.5. The van der Waals surface area contributed by atoms with Crippen LogP contribution in [-0.2, 0) is 0 Å². The molecule has 0 aliphatic rings. The number of hydrogen-bond donors (Lipinski definition) is 0. The molecule has 13 rings (SSSR count). The van der Waals surface area contributed by atoms with Crippen molar-refractivity contribution < 1.29 is 0 Å². The third-order valence-electron chi connectivity index (χ3n) is 11.8. The van der Waals surface area contributed by atoms with Crippen LogP contribution in [-0.4, -0.2) is 9.13 Å². The number of benzene rings is 10. The Kier molecular flexibility index (Phi) is 5.28. The average molecular weight is 689 g/mol. The molecule has 2 nitrogen and oxygen atoms in total. The number of aromatic nitrogens is 2. The summed E-state index contributed by atoms with van der Waals surface area (Å²) in [6.07, 6.45) is 0. The van der Waals surface area contributed by atoms with Crippen molar-refractivity contribution in [1.29, 1.82) is 0 Å². The fourth-order valence-corrected chi connectivity index (χ4v) is 10.8. The molecule has 0 spiro atoms. The van der Waals surface area contributed by atoms with E-state index in [1.54, 1.807) is 0 Å². The minimum absolute atomic E-state index is 1.17. The van der Waals surface area contributed by atoms with Crippen LogP contribution in [0.15, 0.2) is 170 Å². The standard InChI is InChI=1S/C50H28N2S/c1-2-13-35-33(11-1)34-12-3-4-14-36(34)41-27-31(23-24-37(35)41)52-45-28-32(51-43-18-8-5-15-38(43)39-16-6-9-19-44(39)51)25-29-21-22-30-26-42-40-17-7-10-20-46(40)53-50(42)49(52)48(30)47(29)45/h1-28H. The highest BCUT2D eigenvalue weighted by Crippen LogP contribution is 2.48. The maximum atomic E-state index is 2.59. The molecule has 0 radical (unpaired) electrons. The minimum Gasteiger partial charge on any atom is -0.309 e. The van der Waals surface area contributed by atoms with Crippen LogP contribution in [0, 0.1) is 0 Å². The third kappa shape index (κ3) is 3.57. The Hall–Kier alpha value is -6.68. The zero-order valence-electron chi connectivity index (χ0n) is 28.5. The van der Waals surface area contributed by atoms with Gasteiger partial charge in [-0.2, -0.15) is 0 Å². The predicted octanol–water partition coefficient (Wildman–Crippen LogP) is 14.3. The van der Waals surface area contributed by atoms with Crippen molar-refractivity contribution in [2.24, 2.45) is 0 Å². The Morgan fingerprint density at radius 1 is 0.321 bits per heavy atom. The number of hydrogen-bond acceptors (Lipinski definition) is 1. The van der Waals surface area contributed by atoms with Gasteiger partial charge in [-0.3, -0.25) is 0 Å². The van der Waals surface area contributed by atoms with E-state index in [1.165, 1.54) is 118 Å². The monoisotopic (exact) mass is 688 g/mol. The maximum Gasteiger partial charge on any atom is 0.0726 e. The van der Waals surface area contributed by atoms with E-state index >= 15 is 0 Å². The summed E-state index contributed by atoms with van der Waals surface area (Å²) in [6.45, 7) is 0. The molecule has 0 unspecified atom stereocenters. The van der Waals surface area contributed by atoms with Crippen molar-refractivity contribution in [2.75, 3.05) is 0 Å². The van der Waals surface area contributed by atoms with Gasteiger partial charge in [-0.15, -0.1) is 11.3 Å². The van der Waals surface area contributed by atoms with E-state index in [0.29, 0.717) is 0 Å². The minimum atomic E-state index is 1.17. The summed E-state index contributed by atoms with van der Waals surface area (Å²) in [5, 5.41) is 18.1. The lowest BCUT2D eigenvalue weighted by Gasteiger charge is -2.15. The molecule has 0 aliphatic heterocycles. The number of para-hydroxylation sites is 2. The second kappa shape index (κ2) is 10.0. The van der Waals surface area contributed by atoms with Crippen LogP contribution in [0.5, 0.6) is 0 Å². The molecule has 0 bridgehead atoms. The summed E-state index contributed by atoms with van der Waals surface area (Å²) in [6, 6.07) is 63.4. The van der Waals surface area contributed by atoms with Crippen LogP contribution in [0.3, 0.4) is 0 Å². The first-order chi connectivity index (χ1) is 26.3. The highest BCUT2D eigenvalue weighted by Gasteiger charge is 2.24. The maximum absolute atomic E-state index is 2.59. The Labute approximate surface area is 307 Å². The lowest BCUT2D eigenvalue weighted by Crippen LogP contribution is -1.97. The van der Waals surface area contributed by atoms with Gasteiger partial charge < -0.3 is 9.13 Å².